The van der Waals surface area contributed by atoms with E-state index in [0.717, 1.165) is 12.8 Å². The smallest absolute Gasteiger partial charge is 0.251 e. The zero-order valence-corrected chi connectivity index (χ0v) is 11.4. The first-order chi connectivity index (χ1) is 8.19. The number of amides is 1. The Kier molecular flexibility index (Phi) is 4.00. The summed E-state index contributed by atoms with van der Waals surface area (Å²) in [6, 6.07) is 7.66. The summed E-state index contributed by atoms with van der Waals surface area (Å²) in [4.78, 5) is 13.0. The van der Waals surface area contributed by atoms with Crippen LogP contribution >= 0.6 is 23.4 Å². The predicted octanol–water partition coefficient (Wildman–Crippen LogP) is 3.16. The summed E-state index contributed by atoms with van der Waals surface area (Å²) in [6.07, 6.45) is 4.27. The fourth-order valence-corrected chi connectivity index (χ4v) is 2.42. The van der Waals surface area contributed by atoms with Crippen molar-refractivity contribution in [3.8, 4) is 0 Å². The molecule has 1 N–H and O–H groups in total. The van der Waals surface area contributed by atoms with Crippen LogP contribution in [0, 0.1) is 5.41 Å². The van der Waals surface area contributed by atoms with Crippen molar-refractivity contribution in [1.29, 1.82) is 0 Å². The van der Waals surface area contributed by atoms with Gasteiger partial charge in [0, 0.05) is 28.3 Å². The number of benzene rings is 1. The van der Waals surface area contributed by atoms with Crippen molar-refractivity contribution in [2.45, 2.75) is 17.7 Å². The van der Waals surface area contributed by atoms with E-state index in [4.69, 9.17) is 11.6 Å². The van der Waals surface area contributed by atoms with Crippen LogP contribution in [-0.4, -0.2) is 24.6 Å². The molecule has 0 heterocycles. The molecule has 0 saturated heterocycles. The van der Waals surface area contributed by atoms with E-state index in [1.54, 1.807) is 11.8 Å². The number of rotatable bonds is 5. The van der Waals surface area contributed by atoms with Gasteiger partial charge in [0.25, 0.3) is 5.91 Å². The maximum atomic E-state index is 11.9. The molecule has 1 aliphatic carbocycles. The van der Waals surface area contributed by atoms with E-state index in [-0.39, 0.29) is 11.3 Å². The molecule has 1 fully saturated rings. The topological polar surface area (TPSA) is 29.1 Å². The number of halogens is 1. The van der Waals surface area contributed by atoms with Crippen LogP contribution in [-0.2, 0) is 0 Å². The van der Waals surface area contributed by atoms with Gasteiger partial charge in [-0.1, -0.05) is 0 Å². The van der Waals surface area contributed by atoms with Crippen molar-refractivity contribution >= 4 is 29.3 Å². The van der Waals surface area contributed by atoms with Gasteiger partial charge in [-0.15, -0.1) is 23.4 Å². The van der Waals surface area contributed by atoms with Gasteiger partial charge in [-0.3, -0.25) is 4.79 Å². The number of alkyl halides is 1. The van der Waals surface area contributed by atoms with E-state index in [0.29, 0.717) is 18.0 Å². The van der Waals surface area contributed by atoms with Crippen LogP contribution in [0.2, 0.25) is 0 Å². The van der Waals surface area contributed by atoms with Crippen LogP contribution < -0.4 is 5.32 Å². The minimum absolute atomic E-state index is 0.00551. The second-order valence-corrected chi connectivity index (χ2v) is 5.69. The number of carbonyl (C=O) groups excluding carboxylic acids is 1. The van der Waals surface area contributed by atoms with Crippen LogP contribution in [0.4, 0.5) is 0 Å². The van der Waals surface area contributed by atoms with E-state index >= 15 is 0 Å². The fourth-order valence-electron chi connectivity index (χ4n) is 1.65. The molecule has 0 spiro atoms. The summed E-state index contributed by atoms with van der Waals surface area (Å²) < 4.78 is 0. The Morgan fingerprint density at radius 2 is 2.06 bits per heavy atom. The molecule has 0 aromatic heterocycles. The molecule has 2 nitrogen and oxygen atoms in total. The Balaban J connectivity index is 1.90. The van der Waals surface area contributed by atoms with Crippen molar-refractivity contribution in [2.75, 3.05) is 18.7 Å². The minimum atomic E-state index is -0.00551. The van der Waals surface area contributed by atoms with Gasteiger partial charge in [-0.05, 0) is 43.4 Å². The van der Waals surface area contributed by atoms with Gasteiger partial charge in [0.1, 0.15) is 0 Å². The summed E-state index contributed by atoms with van der Waals surface area (Å²) in [5.41, 5.74) is 0.893. The van der Waals surface area contributed by atoms with Crippen molar-refractivity contribution < 1.29 is 4.79 Å². The third-order valence-corrected chi connectivity index (χ3v) is 4.53. The van der Waals surface area contributed by atoms with Crippen molar-refractivity contribution in [3.63, 3.8) is 0 Å². The summed E-state index contributed by atoms with van der Waals surface area (Å²) in [6.45, 7) is 0.694. The van der Waals surface area contributed by atoms with Gasteiger partial charge in [-0.25, -0.2) is 0 Å². The molecule has 1 aliphatic rings. The van der Waals surface area contributed by atoms with Gasteiger partial charge < -0.3 is 5.32 Å². The van der Waals surface area contributed by atoms with Gasteiger partial charge in [0.15, 0.2) is 0 Å². The molecule has 1 aromatic rings. The third-order valence-electron chi connectivity index (χ3n) is 3.22. The van der Waals surface area contributed by atoms with E-state index in [2.05, 4.69) is 5.32 Å². The zero-order chi connectivity index (χ0) is 12.3. The molecule has 0 atom stereocenters. The van der Waals surface area contributed by atoms with E-state index < -0.39 is 0 Å². The Labute approximate surface area is 111 Å². The molecule has 17 heavy (non-hydrogen) atoms. The van der Waals surface area contributed by atoms with Crippen molar-refractivity contribution in [2.24, 2.45) is 5.41 Å². The van der Waals surface area contributed by atoms with E-state index in [9.17, 15) is 4.79 Å². The summed E-state index contributed by atoms with van der Waals surface area (Å²) >= 11 is 7.54. The lowest BCUT2D eigenvalue weighted by Crippen LogP contribution is -2.30. The molecule has 1 saturated carbocycles. The van der Waals surface area contributed by atoms with Gasteiger partial charge in [0.2, 0.25) is 0 Å². The lowest BCUT2D eigenvalue weighted by molar-refractivity contribution is 0.0946. The fraction of sp³-hybridized carbons (Fsp3) is 0.462. The maximum Gasteiger partial charge on any atom is 0.251 e. The van der Waals surface area contributed by atoms with E-state index in [1.165, 1.54) is 4.90 Å². The molecule has 92 valence electrons. The molecular weight excluding hydrogens is 254 g/mol. The quantitative estimate of drug-likeness (QED) is 0.657. The first-order valence-electron chi connectivity index (χ1n) is 5.67. The monoisotopic (exact) mass is 269 g/mol. The average molecular weight is 270 g/mol. The van der Waals surface area contributed by atoms with Gasteiger partial charge in [-0.2, -0.15) is 0 Å². The lowest BCUT2D eigenvalue weighted by atomic mass is 10.1. The molecule has 2 rings (SSSR count). The van der Waals surface area contributed by atoms with Crippen LogP contribution in [0.15, 0.2) is 29.2 Å². The lowest BCUT2D eigenvalue weighted by Gasteiger charge is -2.12. The molecule has 0 aliphatic heterocycles. The number of thioether (sulfide) groups is 1. The molecule has 1 amide bonds. The molecule has 4 heteroatoms. The second-order valence-electron chi connectivity index (χ2n) is 4.54. The highest BCUT2D eigenvalue weighted by atomic mass is 35.5. The second kappa shape index (κ2) is 5.32. The summed E-state index contributed by atoms with van der Waals surface area (Å²) in [5, 5.41) is 2.96. The zero-order valence-electron chi connectivity index (χ0n) is 9.83. The van der Waals surface area contributed by atoms with Crippen LogP contribution in [0.25, 0.3) is 0 Å². The summed E-state index contributed by atoms with van der Waals surface area (Å²) in [7, 11) is 0. The average Bonchev–Trinajstić information content (AvgIpc) is 3.17. The Morgan fingerprint density at radius 3 is 2.53 bits per heavy atom. The van der Waals surface area contributed by atoms with Gasteiger partial charge in [0.05, 0.1) is 0 Å². The molecular formula is C13H16ClNOS. The normalized spacial score (nSPS) is 16.6. The number of nitrogens with one attached hydrogen (secondary N) is 1. The Morgan fingerprint density at radius 1 is 1.41 bits per heavy atom. The number of hydrogen-bond acceptors (Lipinski definition) is 2. The number of carbonyl (C=O) groups is 1. The molecule has 1 aromatic carbocycles. The van der Waals surface area contributed by atoms with Crippen LogP contribution in [0.5, 0.6) is 0 Å². The first-order valence-corrected chi connectivity index (χ1v) is 7.43. The minimum Gasteiger partial charge on any atom is -0.351 e. The highest BCUT2D eigenvalue weighted by molar-refractivity contribution is 7.98. The standard InChI is InChI=1S/C13H16ClNOS/c1-17-11-4-2-10(3-5-11)12(16)15-9-13(8-14)6-7-13/h2-5H,6-9H2,1H3,(H,15,16). The van der Waals surface area contributed by atoms with Crippen LogP contribution in [0.3, 0.4) is 0 Å². The Hall–Kier alpha value is -0.670. The highest BCUT2D eigenvalue weighted by Crippen LogP contribution is 2.45. The van der Waals surface area contributed by atoms with Crippen molar-refractivity contribution in [1.82, 2.24) is 5.32 Å². The Bertz CT molecular complexity index is 400. The summed E-state index contributed by atoms with van der Waals surface area (Å²) in [5.74, 6) is 0.632. The number of hydrogen-bond donors (Lipinski definition) is 1. The SMILES string of the molecule is CSc1ccc(C(=O)NCC2(CCl)CC2)cc1. The highest BCUT2D eigenvalue weighted by Gasteiger charge is 2.41. The van der Waals surface area contributed by atoms with Gasteiger partial charge >= 0.3 is 0 Å². The maximum absolute atomic E-state index is 11.9. The van der Waals surface area contributed by atoms with Crippen molar-refractivity contribution in [3.05, 3.63) is 29.8 Å². The third kappa shape index (κ3) is 3.17. The largest absolute Gasteiger partial charge is 0.351 e. The predicted molar refractivity (Wildman–Crippen MR) is 72.9 cm³/mol. The first kappa shape index (κ1) is 12.8. The molecule has 0 radical (unpaired) electrons. The van der Waals surface area contributed by atoms with E-state index in [1.807, 2.05) is 30.5 Å². The molecule has 0 bridgehead atoms. The molecule has 0 unspecified atom stereocenters. The van der Waals surface area contributed by atoms with Crippen LogP contribution in [0.1, 0.15) is 23.2 Å².